The molecule has 0 bridgehead atoms. The number of carboxylic acids is 1. The van der Waals surface area contributed by atoms with Crippen LogP contribution in [0.5, 0.6) is 0 Å². The lowest BCUT2D eigenvalue weighted by Gasteiger charge is -2.16. The molecule has 1 aromatic heterocycles. The van der Waals surface area contributed by atoms with Gasteiger partial charge in [-0.25, -0.2) is 4.79 Å². The Morgan fingerprint density at radius 2 is 2.12 bits per heavy atom. The third-order valence-electron chi connectivity index (χ3n) is 2.10. The zero-order valence-corrected chi connectivity index (χ0v) is 8.93. The second-order valence-corrected chi connectivity index (χ2v) is 3.46. The molecule has 0 aliphatic carbocycles. The number of carbonyl (C=O) groups excluding carboxylic acids is 1. The molecule has 1 amide bonds. The van der Waals surface area contributed by atoms with Gasteiger partial charge in [0.05, 0.1) is 12.4 Å². The number of aliphatic carboxylic acids is 1. The number of aryl methyl sites for hydroxylation is 1. The lowest BCUT2D eigenvalue weighted by molar-refractivity contribution is -0.141. The summed E-state index contributed by atoms with van der Waals surface area (Å²) < 4.78 is 4.90. The lowest BCUT2D eigenvalue weighted by atomic mass is 10.1. The summed E-state index contributed by atoms with van der Waals surface area (Å²) in [4.78, 5) is 22.3. The smallest absolute Gasteiger partial charge is 0.328 e. The molecule has 0 saturated carbocycles. The fourth-order valence-electron chi connectivity index (χ4n) is 1.20. The number of nitrogens with one attached hydrogen (secondary N) is 1. The second kappa shape index (κ2) is 4.80. The zero-order valence-electron chi connectivity index (χ0n) is 8.93. The summed E-state index contributed by atoms with van der Waals surface area (Å²) in [7, 11) is 0. The van der Waals surface area contributed by atoms with Gasteiger partial charge in [-0.3, -0.25) is 4.79 Å². The van der Waals surface area contributed by atoms with Crippen LogP contribution in [0.1, 0.15) is 23.0 Å². The highest BCUT2D eigenvalue weighted by molar-refractivity contribution is 5.95. The quantitative estimate of drug-likeness (QED) is 0.680. The molecule has 0 spiro atoms. The van der Waals surface area contributed by atoms with Gasteiger partial charge in [0.15, 0.2) is 11.8 Å². The summed E-state index contributed by atoms with van der Waals surface area (Å²) >= 11 is 0. The van der Waals surface area contributed by atoms with Crippen LogP contribution in [-0.2, 0) is 4.79 Å². The molecule has 2 atom stereocenters. The molecule has 6 nitrogen and oxygen atoms in total. The number of aliphatic hydroxyl groups excluding tert-OH is 1. The summed E-state index contributed by atoms with van der Waals surface area (Å²) in [5, 5.41) is 20.1. The van der Waals surface area contributed by atoms with Crippen molar-refractivity contribution in [3.05, 3.63) is 23.7 Å². The number of hydrogen-bond acceptors (Lipinski definition) is 4. The largest absolute Gasteiger partial charge is 0.480 e. The van der Waals surface area contributed by atoms with Crippen molar-refractivity contribution in [2.45, 2.75) is 26.0 Å². The van der Waals surface area contributed by atoms with Crippen molar-refractivity contribution in [1.82, 2.24) is 5.32 Å². The molecule has 0 aromatic carbocycles. The Hall–Kier alpha value is -1.82. The Morgan fingerprint density at radius 3 is 2.50 bits per heavy atom. The van der Waals surface area contributed by atoms with Crippen LogP contribution >= 0.6 is 0 Å². The first-order valence-corrected chi connectivity index (χ1v) is 4.69. The number of amides is 1. The van der Waals surface area contributed by atoms with Crippen LogP contribution in [0.15, 0.2) is 16.7 Å². The Bertz CT molecular complexity index is 396. The highest BCUT2D eigenvalue weighted by atomic mass is 16.4. The predicted octanol–water partition coefficient (Wildman–Crippen LogP) is 0.152. The van der Waals surface area contributed by atoms with Gasteiger partial charge in [0.2, 0.25) is 0 Å². The highest BCUT2D eigenvalue weighted by Gasteiger charge is 2.26. The standard InChI is InChI=1S/C10H13NO5/c1-5-3-4-16-8(5)9(13)11-7(6(2)12)10(14)15/h3-4,6-7,12H,1-2H3,(H,11,13)(H,14,15). The van der Waals surface area contributed by atoms with Gasteiger partial charge in [-0.15, -0.1) is 0 Å². The maximum Gasteiger partial charge on any atom is 0.328 e. The Labute approximate surface area is 91.9 Å². The number of aliphatic hydroxyl groups is 1. The maximum absolute atomic E-state index is 11.6. The Kier molecular flexibility index (Phi) is 3.68. The Morgan fingerprint density at radius 1 is 1.50 bits per heavy atom. The number of furan rings is 1. The molecular weight excluding hydrogens is 214 g/mol. The summed E-state index contributed by atoms with van der Waals surface area (Å²) in [6.45, 7) is 2.95. The van der Waals surface area contributed by atoms with Crippen molar-refractivity contribution in [2.24, 2.45) is 0 Å². The number of carboxylic acid groups (broad SMARTS) is 1. The molecule has 0 fully saturated rings. The first kappa shape index (κ1) is 12.3. The van der Waals surface area contributed by atoms with E-state index in [1.165, 1.54) is 13.2 Å². The van der Waals surface area contributed by atoms with Gasteiger partial charge < -0.3 is 19.9 Å². The van der Waals surface area contributed by atoms with E-state index in [4.69, 9.17) is 9.52 Å². The van der Waals surface area contributed by atoms with Gasteiger partial charge in [-0.2, -0.15) is 0 Å². The van der Waals surface area contributed by atoms with Crippen molar-refractivity contribution >= 4 is 11.9 Å². The molecule has 6 heteroatoms. The molecule has 1 heterocycles. The SMILES string of the molecule is Cc1ccoc1C(=O)NC(C(=O)O)C(C)O. The molecule has 1 rings (SSSR count). The number of carbonyl (C=O) groups is 2. The topological polar surface area (TPSA) is 99.8 Å². The molecule has 0 saturated heterocycles. The van der Waals surface area contributed by atoms with E-state index in [2.05, 4.69) is 5.32 Å². The molecule has 1 aromatic rings. The van der Waals surface area contributed by atoms with Crippen LogP contribution in [0.2, 0.25) is 0 Å². The van der Waals surface area contributed by atoms with Gasteiger partial charge in [0.25, 0.3) is 5.91 Å². The van der Waals surface area contributed by atoms with Crippen LogP contribution in [0.25, 0.3) is 0 Å². The fourth-order valence-corrected chi connectivity index (χ4v) is 1.20. The highest BCUT2D eigenvalue weighted by Crippen LogP contribution is 2.09. The van der Waals surface area contributed by atoms with Crippen LogP contribution in [0.3, 0.4) is 0 Å². The Balaban J connectivity index is 2.77. The molecule has 3 N–H and O–H groups in total. The fraction of sp³-hybridized carbons (Fsp3) is 0.400. The molecule has 2 unspecified atom stereocenters. The second-order valence-electron chi connectivity index (χ2n) is 3.46. The van der Waals surface area contributed by atoms with Gasteiger partial charge >= 0.3 is 5.97 Å². The zero-order chi connectivity index (χ0) is 12.3. The monoisotopic (exact) mass is 227 g/mol. The van der Waals surface area contributed by atoms with E-state index in [0.717, 1.165) is 0 Å². The van der Waals surface area contributed by atoms with E-state index in [0.29, 0.717) is 5.56 Å². The summed E-state index contributed by atoms with van der Waals surface area (Å²) in [5.74, 6) is -1.91. The average molecular weight is 227 g/mol. The van der Waals surface area contributed by atoms with Crippen LogP contribution in [0.4, 0.5) is 0 Å². The van der Waals surface area contributed by atoms with E-state index >= 15 is 0 Å². The van der Waals surface area contributed by atoms with Crippen LogP contribution < -0.4 is 5.32 Å². The average Bonchev–Trinajstić information content (AvgIpc) is 2.59. The minimum Gasteiger partial charge on any atom is -0.480 e. The third-order valence-corrected chi connectivity index (χ3v) is 2.10. The normalized spacial score (nSPS) is 14.2. The summed E-state index contributed by atoms with van der Waals surface area (Å²) in [6.07, 6.45) is 0.152. The van der Waals surface area contributed by atoms with E-state index in [1.54, 1.807) is 13.0 Å². The van der Waals surface area contributed by atoms with Crippen molar-refractivity contribution in [1.29, 1.82) is 0 Å². The molecule has 0 radical (unpaired) electrons. The van der Waals surface area contributed by atoms with Crippen molar-refractivity contribution < 1.29 is 24.2 Å². The van der Waals surface area contributed by atoms with Crippen LogP contribution in [0, 0.1) is 6.92 Å². The first-order valence-electron chi connectivity index (χ1n) is 4.69. The van der Waals surface area contributed by atoms with E-state index in [1.807, 2.05) is 0 Å². The van der Waals surface area contributed by atoms with Crippen LogP contribution in [-0.4, -0.2) is 34.2 Å². The van der Waals surface area contributed by atoms with Crippen molar-refractivity contribution in [3.63, 3.8) is 0 Å². The lowest BCUT2D eigenvalue weighted by Crippen LogP contribution is -2.47. The minimum atomic E-state index is -1.35. The van der Waals surface area contributed by atoms with Crippen molar-refractivity contribution in [3.8, 4) is 0 Å². The van der Waals surface area contributed by atoms with Gasteiger partial charge in [-0.05, 0) is 19.9 Å². The number of hydrogen-bond donors (Lipinski definition) is 3. The molecule has 88 valence electrons. The first-order chi connectivity index (χ1) is 7.43. The van der Waals surface area contributed by atoms with Crippen molar-refractivity contribution in [2.75, 3.05) is 0 Å². The van der Waals surface area contributed by atoms with Gasteiger partial charge in [-0.1, -0.05) is 0 Å². The predicted molar refractivity (Wildman–Crippen MR) is 54.0 cm³/mol. The van der Waals surface area contributed by atoms with E-state index in [-0.39, 0.29) is 5.76 Å². The summed E-state index contributed by atoms with van der Waals surface area (Å²) in [6, 6.07) is 0.240. The molecule has 0 aliphatic heterocycles. The molecule has 0 aliphatic rings. The molecule has 16 heavy (non-hydrogen) atoms. The third kappa shape index (κ3) is 2.60. The summed E-state index contributed by atoms with van der Waals surface area (Å²) in [5.41, 5.74) is 0.604. The van der Waals surface area contributed by atoms with Gasteiger partial charge in [0.1, 0.15) is 0 Å². The van der Waals surface area contributed by atoms with Gasteiger partial charge in [0, 0.05) is 5.56 Å². The maximum atomic E-state index is 11.6. The molecular formula is C10H13NO5. The number of rotatable bonds is 4. The van der Waals surface area contributed by atoms with E-state index in [9.17, 15) is 14.7 Å². The minimum absolute atomic E-state index is 0.0481. The van der Waals surface area contributed by atoms with E-state index < -0.39 is 24.0 Å².